The third-order valence-electron chi connectivity index (χ3n) is 5.12. The quantitative estimate of drug-likeness (QED) is 0.671. The molecule has 1 saturated heterocycles. The van der Waals surface area contributed by atoms with Gasteiger partial charge in [0, 0.05) is 26.2 Å². The van der Waals surface area contributed by atoms with Gasteiger partial charge in [0.1, 0.15) is 0 Å². The van der Waals surface area contributed by atoms with Crippen LogP contribution in [0.25, 0.3) is 0 Å². The second kappa shape index (κ2) is 7.35. The monoisotopic (exact) mass is 314 g/mol. The third kappa shape index (κ3) is 4.47. The van der Waals surface area contributed by atoms with Gasteiger partial charge in [0.05, 0.1) is 6.54 Å². The number of hydrogen-bond acceptors (Lipinski definition) is 2. The molecule has 0 amide bonds. The molecule has 1 heterocycles. The summed E-state index contributed by atoms with van der Waals surface area (Å²) in [6.07, 6.45) is 5.18. The average molecular weight is 314 g/mol. The molecular formula is C19H30N4. The van der Waals surface area contributed by atoms with E-state index in [-0.39, 0.29) is 0 Å². The Balaban J connectivity index is 1.64. The van der Waals surface area contributed by atoms with Crippen molar-refractivity contribution in [2.24, 2.45) is 16.6 Å². The molecule has 1 atom stereocenters. The molecular weight excluding hydrogens is 284 g/mol. The highest BCUT2D eigenvalue weighted by Crippen LogP contribution is 2.25. The molecule has 3 rings (SSSR count). The SMILES string of the molecule is CC1CCCN(Cc2ccccc2CN=C(N)N(C)C2CC2)C1. The Labute approximate surface area is 140 Å². The van der Waals surface area contributed by atoms with E-state index in [1.165, 1.54) is 49.9 Å². The van der Waals surface area contributed by atoms with Gasteiger partial charge in [-0.05, 0) is 49.3 Å². The van der Waals surface area contributed by atoms with E-state index in [1.807, 2.05) is 0 Å². The number of nitrogens with two attached hydrogens (primary N) is 1. The van der Waals surface area contributed by atoms with Gasteiger partial charge in [-0.25, -0.2) is 4.99 Å². The van der Waals surface area contributed by atoms with Gasteiger partial charge in [0.2, 0.25) is 0 Å². The Kier molecular flexibility index (Phi) is 5.21. The summed E-state index contributed by atoms with van der Waals surface area (Å²) in [5, 5.41) is 0. The minimum absolute atomic E-state index is 0.615. The van der Waals surface area contributed by atoms with Crippen molar-refractivity contribution >= 4 is 5.96 Å². The Morgan fingerprint density at radius 1 is 1.26 bits per heavy atom. The van der Waals surface area contributed by atoms with Gasteiger partial charge in [0.25, 0.3) is 0 Å². The van der Waals surface area contributed by atoms with Crippen LogP contribution in [0.1, 0.15) is 43.7 Å². The number of guanidine groups is 1. The summed E-state index contributed by atoms with van der Waals surface area (Å²) in [4.78, 5) is 9.33. The number of rotatable bonds is 5. The molecule has 0 aromatic heterocycles. The fourth-order valence-corrected chi connectivity index (χ4v) is 3.46. The van der Waals surface area contributed by atoms with Gasteiger partial charge in [-0.2, -0.15) is 0 Å². The molecule has 2 N–H and O–H groups in total. The standard InChI is InChI=1S/C19H30N4/c1-15-6-5-11-23(13-15)14-17-8-4-3-7-16(17)12-21-19(20)22(2)18-9-10-18/h3-4,7-8,15,18H,5-6,9-14H2,1-2H3,(H2,20,21). The van der Waals surface area contributed by atoms with Crippen LogP contribution in [0, 0.1) is 5.92 Å². The maximum absolute atomic E-state index is 6.12. The lowest BCUT2D eigenvalue weighted by molar-refractivity contribution is 0.176. The van der Waals surface area contributed by atoms with Gasteiger partial charge in [-0.3, -0.25) is 4.90 Å². The van der Waals surface area contributed by atoms with Crippen LogP contribution in [-0.2, 0) is 13.1 Å². The van der Waals surface area contributed by atoms with Gasteiger partial charge in [0.15, 0.2) is 5.96 Å². The summed E-state index contributed by atoms with van der Waals surface area (Å²) < 4.78 is 0. The lowest BCUT2D eigenvalue weighted by Gasteiger charge is -2.31. The van der Waals surface area contributed by atoms with Crippen molar-refractivity contribution in [3.8, 4) is 0 Å². The van der Waals surface area contributed by atoms with E-state index in [0.29, 0.717) is 18.5 Å². The van der Waals surface area contributed by atoms with Crippen LogP contribution in [-0.4, -0.2) is 41.9 Å². The molecule has 23 heavy (non-hydrogen) atoms. The topological polar surface area (TPSA) is 44.9 Å². The number of benzene rings is 1. The van der Waals surface area contributed by atoms with Crippen LogP contribution in [0.2, 0.25) is 0 Å². The maximum atomic E-state index is 6.12. The Morgan fingerprint density at radius 2 is 2.00 bits per heavy atom. The molecule has 4 heteroatoms. The molecule has 126 valence electrons. The summed E-state index contributed by atoms with van der Waals surface area (Å²) >= 11 is 0. The van der Waals surface area contributed by atoms with E-state index in [2.05, 4.69) is 53.0 Å². The van der Waals surface area contributed by atoms with Crippen LogP contribution >= 0.6 is 0 Å². The molecule has 0 bridgehead atoms. The molecule has 2 fully saturated rings. The minimum atomic E-state index is 0.615. The highest BCUT2D eigenvalue weighted by Gasteiger charge is 2.27. The van der Waals surface area contributed by atoms with Crippen LogP contribution in [0.4, 0.5) is 0 Å². The predicted molar refractivity (Wildman–Crippen MR) is 96.2 cm³/mol. The van der Waals surface area contributed by atoms with Crippen molar-refractivity contribution in [1.29, 1.82) is 0 Å². The summed E-state index contributed by atoms with van der Waals surface area (Å²) in [5.74, 6) is 1.49. The van der Waals surface area contributed by atoms with E-state index < -0.39 is 0 Å². The second-order valence-electron chi connectivity index (χ2n) is 7.27. The lowest BCUT2D eigenvalue weighted by Crippen LogP contribution is -2.35. The Bertz CT molecular complexity index is 550. The molecule has 1 unspecified atom stereocenters. The van der Waals surface area contributed by atoms with Crippen molar-refractivity contribution < 1.29 is 0 Å². The smallest absolute Gasteiger partial charge is 0.191 e. The van der Waals surface area contributed by atoms with Crippen molar-refractivity contribution in [2.45, 2.75) is 51.7 Å². The minimum Gasteiger partial charge on any atom is -0.370 e. The first kappa shape index (κ1) is 16.3. The first-order chi connectivity index (χ1) is 11.1. The van der Waals surface area contributed by atoms with Crippen molar-refractivity contribution in [3.05, 3.63) is 35.4 Å². The van der Waals surface area contributed by atoms with Gasteiger partial charge < -0.3 is 10.6 Å². The Morgan fingerprint density at radius 3 is 2.70 bits per heavy atom. The van der Waals surface area contributed by atoms with E-state index >= 15 is 0 Å². The molecule has 1 aliphatic heterocycles. The zero-order chi connectivity index (χ0) is 16.2. The molecule has 2 aliphatic rings. The number of piperidine rings is 1. The van der Waals surface area contributed by atoms with E-state index in [9.17, 15) is 0 Å². The summed E-state index contributed by atoms with van der Waals surface area (Å²) in [5.41, 5.74) is 8.82. The third-order valence-corrected chi connectivity index (χ3v) is 5.12. The summed E-state index contributed by atoms with van der Waals surface area (Å²) in [6.45, 7) is 6.51. The number of nitrogens with zero attached hydrogens (tertiary/aromatic N) is 3. The average Bonchev–Trinajstić information content (AvgIpc) is 3.38. The van der Waals surface area contributed by atoms with Crippen LogP contribution in [0.15, 0.2) is 29.3 Å². The maximum Gasteiger partial charge on any atom is 0.191 e. The number of aliphatic imine (C=N–C) groups is 1. The number of likely N-dealkylation sites (tertiary alicyclic amines) is 1. The predicted octanol–water partition coefficient (Wildman–Crippen LogP) is 2.83. The highest BCUT2D eigenvalue weighted by atomic mass is 15.3. The molecule has 1 aromatic rings. The summed E-state index contributed by atoms with van der Waals surface area (Å²) in [7, 11) is 2.05. The zero-order valence-corrected chi connectivity index (χ0v) is 14.5. The Hall–Kier alpha value is -1.55. The molecule has 1 aromatic carbocycles. The largest absolute Gasteiger partial charge is 0.370 e. The van der Waals surface area contributed by atoms with E-state index in [1.54, 1.807) is 0 Å². The van der Waals surface area contributed by atoms with Gasteiger partial charge in [-0.1, -0.05) is 31.2 Å². The number of hydrogen-bond donors (Lipinski definition) is 1. The molecule has 0 spiro atoms. The van der Waals surface area contributed by atoms with Crippen LogP contribution in [0.5, 0.6) is 0 Å². The zero-order valence-electron chi connectivity index (χ0n) is 14.5. The second-order valence-corrected chi connectivity index (χ2v) is 7.27. The van der Waals surface area contributed by atoms with Crippen molar-refractivity contribution in [3.63, 3.8) is 0 Å². The molecule has 4 nitrogen and oxygen atoms in total. The van der Waals surface area contributed by atoms with Crippen LogP contribution in [0.3, 0.4) is 0 Å². The normalized spacial score (nSPS) is 23.0. The molecule has 1 saturated carbocycles. The highest BCUT2D eigenvalue weighted by molar-refractivity contribution is 5.78. The van der Waals surface area contributed by atoms with Crippen LogP contribution < -0.4 is 5.73 Å². The first-order valence-electron chi connectivity index (χ1n) is 8.95. The van der Waals surface area contributed by atoms with Crippen molar-refractivity contribution in [1.82, 2.24) is 9.80 Å². The summed E-state index contributed by atoms with van der Waals surface area (Å²) in [6, 6.07) is 9.29. The van der Waals surface area contributed by atoms with Gasteiger partial charge >= 0.3 is 0 Å². The van der Waals surface area contributed by atoms with Gasteiger partial charge in [-0.15, -0.1) is 0 Å². The fraction of sp³-hybridized carbons (Fsp3) is 0.632. The first-order valence-corrected chi connectivity index (χ1v) is 8.95. The fourth-order valence-electron chi connectivity index (χ4n) is 3.46. The lowest BCUT2D eigenvalue weighted by atomic mass is 9.99. The van der Waals surface area contributed by atoms with E-state index in [0.717, 1.165) is 12.5 Å². The molecule has 0 radical (unpaired) electrons. The van der Waals surface area contributed by atoms with E-state index in [4.69, 9.17) is 5.73 Å². The van der Waals surface area contributed by atoms with Crippen molar-refractivity contribution in [2.75, 3.05) is 20.1 Å². The molecule has 1 aliphatic carbocycles.